The van der Waals surface area contributed by atoms with E-state index in [1.165, 1.54) is 0 Å². The first kappa shape index (κ1) is 9.36. The van der Waals surface area contributed by atoms with Crippen molar-refractivity contribution < 1.29 is 24.4 Å². The molecular formula is C8H14O5. The molecule has 2 heterocycles. The van der Waals surface area contributed by atoms with Gasteiger partial charge in [-0.05, 0) is 6.42 Å². The highest BCUT2D eigenvalue weighted by atomic mass is 16.7. The van der Waals surface area contributed by atoms with E-state index < -0.39 is 18.5 Å². The Labute approximate surface area is 76.2 Å². The van der Waals surface area contributed by atoms with Crippen LogP contribution in [0.25, 0.3) is 0 Å². The molecule has 0 amide bonds. The summed E-state index contributed by atoms with van der Waals surface area (Å²) in [5, 5.41) is 18.6. The molecule has 2 fully saturated rings. The number of aliphatic hydroxyl groups excluding tert-OH is 2. The van der Waals surface area contributed by atoms with E-state index >= 15 is 0 Å². The minimum Gasteiger partial charge on any atom is -0.385 e. The van der Waals surface area contributed by atoms with Gasteiger partial charge in [0.1, 0.15) is 18.3 Å². The molecule has 0 aromatic heterocycles. The lowest BCUT2D eigenvalue weighted by Crippen LogP contribution is -2.45. The average Bonchev–Trinajstić information content (AvgIpc) is 2.43. The molecule has 0 radical (unpaired) electrons. The molecule has 2 rings (SSSR count). The molecule has 0 aromatic rings. The van der Waals surface area contributed by atoms with Crippen LogP contribution in [0.3, 0.4) is 0 Å². The lowest BCUT2D eigenvalue weighted by Gasteiger charge is -2.31. The fraction of sp³-hybridized carbons (Fsp3) is 1.00. The Kier molecular flexibility index (Phi) is 2.53. The molecule has 5 nitrogen and oxygen atoms in total. The third kappa shape index (κ3) is 1.58. The van der Waals surface area contributed by atoms with E-state index in [1.54, 1.807) is 0 Å². The molecule has 76 valence electrons. The van der Waals surface area contributed by atoms with E-state index in [4.69, 9.17) is 14.2 Å². The van der Waals surface area contributed by atoms with Crippen molar-refractivity contribution in [2.45, 2.75) is 44.2 Å². The van der Waals surface area contributed by atoms with Crippen LogP contribution in [0.5, 0.6) is 0 Å². The summed E-state index contributed by atoms with van der Waals surface area (Å²) < 4.78 is 15.7. The smallest absolute Gasteiger partial charge is 0.184 e. The van der Waals surface area contributed by atoms with Gasteiger partial charge in [-0.2, -0.15) is 0 Å². The molecule has 13 heavy (non-hydrogen) atoms. The summed E-state index contributed by atoms with van der Waals surface area (Å²) in [6, 6.07) is 0. The number of ether oxygens (including phenoxy) is 3. The second-order valence-electron chi connectivity index (χ2n) is 3.33. The highest BCUT2D eigenvalue weighted by molar-refractivity contribution is 4.89. The van der Waals surface area contributed by atoms with Crippen molar-refractivity contribution in [2.75, 3.05) is 6.61 Å². The first-order valence-electron chi connectivity index (χ1n) is 4.51. The van der Waals surface area contributed by atoms with E-state index in [2.05, 4.69) is 0 Å². The SMILES string of the molecule is CCC1OCC2OC(O)C(O)C2O1. The summed E-state index contributed by atoms with van der Waals surface area (Å²) in [6.45, 7) is 2.31. The largest absolute Gasteiger partial charge is 0.385 e. The second kappa shape index (κ2) is 3.51. The van der Waals surface area contributed by atoms with Crippen LogP contribution in [0.4, 0.5) is 0 Å². The monoisotopic (exact) mass is 190 g/mol. The fourth-order valence-electron chi connectivity index (χ4n) is 1.65. The van der Waals surface area contributed by atoms with Gasteiger partial charge in [-0.15, -0.1) is 0 Å². The molecule has 0 aliphatic carbocycles. The van der Waals surface area contributed by atoms with Gasteiger partial charge in [0.25, 0.3) is 0 Å². The number of rotatable bonds is 1. The third-order valence-corrected chi connectivity index (χ3v) is 2.40. The lowest BCUT2D eigenvalue weighted by atomic mass is 10.1. The van der Waals surface area contributed by atoms with Crippen LogP contribution in [-0.2, 0) is 14.2 Å². The maximum atomic E-state index is 9.45. The standard InChI is InChI=1S/C8H14O5/c1-2-5-11-3-4-7(13-5)6(9)8(10)12-4/h4-10H,2-3H2,1H3. The van der Waals surface area contributed by atoms with Gasteiger partial charge in [0.05, 0.1) is 6.61 Å². The van der Waals surface area contributed by atoms with Gasteiger partial charge in [0.2, 0.25) is 0 Å². The predicted molar refractivity (Wildman–Crippen MR) is 41.8 cm³/mol. The Balaban J connectivity index is 2.01. The van der Waals surface area contributed by atoms with Crippen LogP contribution < -0.4 is 0 Å². The van der Waals surface area contributed by atoms with Gasteiger partial charge in [-0.1, -0.05) is 6.92 Å². The van der Waals surface area contributed by atoms with Crippen molar-refractivity contribution in [3.8, 4) is 0 Å². The summed E-state index contributed by atoms with van der Waals surface area (Å²) in [5.41, 5.74) is 0. The summed E-state index contributed by atoms with van der Waals surface area (Å²) in [7, 11) is 0. The van der Waals surface area contributed by atoms with Crippen molar-refractivity contribution in [3.63, 3.8) is 0 Å². The van der Waals surface area contributed by atoms with Crippen LogP contribution in [0.1, 0.15) is 13.3 Å². The zero-order valence-corrected chi connectivity index (χ0v) is 7.42. The van der Waals surface area contributed by atoms with Gasteiger partial charge in [-0.3, -0.25) is 0 Å². The summed E-state index contributed by atoms with van der Waals surface area (Å²) >= 11 is 0. The summed E-state index contributed by atoms with van der Waals surface area (Å²) in [4.78, 5) is 0. The van der Waals surface area contributed by atoms with Crippen molar-refractivity contribution in [1.29, 1.82) is 0 Å². The molecule has 2 aliphatic heterocycles. The first-order chi connectivity index (χ1) is 6.22. The molecule has 0 spiro atoms. The molecule has 0 bridgehead atoms. The number of hydrogen-bond acceptors (Lipinski definition) is 5. The lowest BCUT2D eigenvalue weighted by molar-refractivity contribution is -0.249. The molecule has 0 saturated carbocycles. The third-order valence-electron chi connectivity index (χ3n) is 2.40. The van der Waals surface area contributed by atoms with Gasteiger partial charge in [-0.25, -0.2) is 0 Å². The van der Waals surface area contributed by atoms with E-state index in [9.17, 15) is 10.2 Å². The molecule has 2 N–H and O–H groups in total. The zero-order valence-electron chi connectivity index (χ0n) is 7.42. The van der Waals surface area contributed by atoms with Gasteiger partial charge >= 0.3 is 0 Å². The Morgan fingerprint density at radius 2 is 2.08 bits per heavy atom. The van der Waals surface area contributed by atoms with Crippen molar-refractivity contribution in [1.82, 2.24) is 0 Å². The highest BCUT2D eigenvalue weighted by Crippen LogP contribution is 2.28. The first-order valence-corrected chi connectivity index (χ1v) is 4.51. The van der Waals surface area contributed by atoms with Crippen molar-refractivity contribution >= 4 is 0 Å². The van der Waals surface area contributed by atoms with E-state index in [-0.39, 0.29) is 12.4 Å². The van der Waals surface area contributed by atoms with E-state index in [0.717, 1.165) is 6.42 Å². The molecule has 5 heteroatoms. The molecule has 5 unspecified atom stereocenters. The summed E-state index contributed by atoms with van der Waals surface area (Å²) in [6.07, 6.45) is -2.45. The number of hydrogen-bond donors (Lipinski definition) is 2. The fourth-order valence-corrected chi connectivity index (χ4v) is 1.65. The molecule has 5 atom stereocenters. The van der Waals surface area contributed by atoms with Crippen LogP contribution in [0, 0.1) is 0 Å². The number of aliphatic hydroxyl groups is 2. The predicted octanol–water partition coefficient (Wildman–Crippen LogP) is -0.784. The highest BCUT2D eigenvalue weighted by Gasteiger charge is 2.47. The van der Waals surface area contributed by atoms with Crippen LogP contribution >= 0.6 is 0 Å². The van der Waals surface area contributed by atoms with Gasteiger partial charge < -0.3 is 24.4 Å². The van der Waals surface area contributed by atoms with Crippen molar-refractivity contribution in [2.24, 2.45) is 0 Å². The normalized spacial score (nSPS) is 50.5. The Morgan fingerprint density at radius 1 is 1.31 bits per heavy atom. The number of fused-ring (bicyclic) bond motifs is 1. The Morgan fingerprint density at radius 3 is 2.77 bits per heavy atom. The molecule has 0 aromatic carbocycles. The van der Waals surface area contributed by atoms with E-state index in [0.29, 0.717) is 6.61 Å². The molecule has 2 aliphatic rings. The van der Waals surface area contributed by atoms with E-state index in [1.807, 2.05) is 6.92 Å². The maximum Gasteiger partial charge on any atom is 0.184 e. The van der Waals surface area contributed by atoms with Gasteiger partial charge in [0, 0.05) is 0 Å². The van der Waals surface area contributed by atoms with Crippen LogP contribution in [0.15, 0.2) is 0 Å². The minimum atomic E-state index is -1.14. The maximum absolute atomic E-state index is 9.45. The van der Waals surface area contributed by atoms with Crippen LogP contribution in [-0.4, -0.2) is 47.7 Å². The Bertz CT molecular complexity index is 185. The zero-order chi connectivity index (χ0) is 9.42. The quantitative estimate of drug-likeness (QED) is 0.567. The molecular weight excluding hydrogens is 176 g/mol. The molecule has 2 saturated heterocycles. The second-order valence-corrected chi connectivity index (χ2v) is 3.33. The topological polar surface area (TPSA) is 68.2 Å². The Hall–Kier alpha value is -0.200. The van der Waals surface area contributed by atoms with Crippen molar-refractivity contribution in [3.05, 3.63) is 0 Å². The van der Waals surface area contributed by atoms with Gasteiger partial charge in [0.15, 0.2) is 12.6 Å². The van der Waals surface area contributed by atoms with Crippen LogP contribution in [0.2, 0.25) is 0 Å². The summed E-state index contributed by atoms with van der Waals surface area (Å²) in [5.74, 6) is 0. The average molecular weight is 190 g/mol. The minimum absolute atomic E-state index is 0.287.